The molecule has 4 nitrogen and oxygen atoms in total. The molecule has 0 saturated heterocycles. The van der Waals surface area contributed by atoms with Crippen LogP contribution in [0, 0.1) is 6.92 Å². The minimum Gasteiger partial charge on any atom is -0.336 e. The van der Waals surface area contributed by atoms with E-state index in [9.17, 15) is 18.0 Å². The van der Waals surface area contributed by atoms with Crippen molar-refractivity contribution >= 4 is 5.91 Å². The molecule has 118 valence electrons. The van der Waals surface area contributed by atoms with Gasteiger partial charge in [0, 0.05) is 20.6 Å². The van der Waals surface area contributed by atoms with Gasteiger partial charge in [0.2, 0.25) is 0 Å². The van der Waals surface area contributed by atoms with Crippen molar-refractivity contribution in [3.63, 3.8) is 0 Å². The van der Waals surface area contributed by atoms with Crippen molar-refractivity contribution < 1.29 is 18.0 Å². The van der Waals surface area contributed by atoms with E-state index in [2.05, 4.69) is 5.10 Å². The van der Waals surface area contributed by atoms with E-state index in [1.807, 2.05) is 0 Å². The highest BCUT2D eigenvalue weighted by Gasteiger charge is 2.33. The molecule has 1 aromatic heterocycles. The fraction of sp³-hybridized carbons (Fsp3) is 0.333. The number of carbonyl (C=O) groups is 1. The molecule has 22 heavy (non-hydrogen) atoms. The highest BCUT2D eigenvalue weighted by molar-refractivity contribution is 5.92. The largest absolute Gasteiger partial charge is 0.416 e. The van der Waals surface area contributed by atoms with Gasteiger partial charge >= 0.3 is 6.18 Å². The highest BCUT2D eigenvalue weighted by Crippen LogP contribution is 2.32. The third-order valence-corrected chi connectivity index (χ3v) is 3.30. The second-order valence-electron chi connectivity index (χ2n) is 5.11. The Balaban J connectivity index is 2.24. The van der Waals surface area contributed by atoms with Crippen LogP contribution < -0.4 is 0 Å². The fourth-order valence-corrected chi connectivity index (χ4v) is 2.27. The van der Waals surface area contributed by atoms with Gasteiger partial charge in [-0.2, -0.15) is 18.3 Å². The van der Waals surface area contributed by atoms with Gasteiger partial charge in [0.15, 0.2) is 0 Å². The smallest absolute Gasteiger partial charge is 0.336 e. The first-order valence-corrected chi connectivity index (χ1v) is 6.61. The lowest BCUT2D eigenvalue weighted by Crippen LogP contribution is -2.29. The SMILES string of the molecule is Cc1cc(C(=O)N(C)Cc2ccccc2C(F)(F)F)n(C)n1. The molecular weight excluding hydrogens is 295 g/mol. The predicted molar refractivity (Wildman–Crippen MR) is 75.2 cm³/mol. The third-order valence-electron chi connectivity index (χ3n) is 3.30. The molecule has 0 fully saturated rings. The number of aromatic nitrogens is 2. The number of nitrogens with zero attached hydrogens (tertiary/aromatic N) is 3. The lowest BCUT2D eigenvalue weighted by Gasteiger charge is -2.20. The van der Waals surface area contributed by atoms with Crippen LogP contribution in [0.5, 0.6) is 0 Å². The zero-order valence-corrected chi connectivity index (χ0v) is 12.5. The Labute approximate surface area is 126 Å². The minimum atomic E-state index is -4.44. The summed E-state index contributed by atoms with van der Waals surface area (Å²) in [6.45, 7) is 1.62. The Kier molecular flexibility index (Phi) is 4.25. The summed E-state index contributed by atoms with van der Waals surface area (Å²) in [5, 5.41) is 4.07. The molecule has 1 amide bonds. The molecule has 2 aromatic rings. The summed E-state index contributed by atoms with van der Waals surface area (Å²) in [6.07, 6.45) is -4.44. The third kappa shape index (κ3) is 3.29. The number of alkyl halides is 3. The van der Waals surface area contributed by atoms with Crippen LogP contribution in [-0.2, 0) is 19.8 Å². The Morgan fingerprint density at radius 2 is 1.95 bits per heavy atom. The van der Waals surface area contributed by atoms with Crippen LogP contribution in [0.2, 0.25) is 0 Å². The predicted octanol–water partition coefficient (Wildman–Crippen LogP) is 3.02. The molecule has 0 N–H and O–H groups in total. The summed E-state index contributed by atoms with van der Waals surface area (Å²) in [5.74, 6) is -0.375. The van der Waals surface area contributed by atoms with E-state index >= 15 is 0 Å². The molecule has 2 rings (SSSR count). The van der Waals surface area contributed by atoms with Gasteiger partial charge in [-0.1, -0.05) is 18.2 Å². The van der Waals surface area contributed by atoms with E-state index in [1.165, 1.54) is 34.8 Å². The number of carbonyl (C=O) groups excluding carboxylic acids is 1. The monoisotopic (exact) mass is 311 g/mol. The average molecular weight is 311 g/mol. The Morgan fingerprint density at radius 3 is 2.50 bits per heavy atom. The van der Waals surface area contributed by atoms with Crippen LogP contribution >= 0.6 is 0 Å². The minimum absolute atomic E-state index is 0.0599. The van der Waals surface area contributed by atoms with Crippen molar-refractivity contribution in [1.82, 2.24) is 14.7 Å². The van der Waals surface area contributed by atoms with E-state index in [0.29, 0.717) is 11.4 Å². The second-order valence-corrected chi connectivity index (χ2v) is 5.11. The first-order chi connectivity index (χ1) is 10.2. The molecule has 0 saturated carbocycles. The highest BCUT2D eigenvalue weighted by atomic mass is 19.4. The maximum atomic E-state index is 13.0. The molecule has 0 atom stereocenters. The molecule has 1 aromatic carbocycles. The Hall–Kier alpha value is -2.31. The number of amides is 1. The van der Waals surface area contributed by atoms with Crippen LogP contribution in [0.3, 0.4) is 0 Å². The van der Waals surface area contributed by atoms with Crippen LogP contribution in [0.1, 0.15) is 27.3 Å². The molecule has 0 aliphatic carbocycles. The summed E-state index contributed by atoms with van der Waals surface area (Å²) >= 11 is 0. The van der Waals surface area contributed by atoms with Crippen LogP contribution in [0.25, 0.3) is 0 Å². The molecular formula is C15H16F3N3O. The van der Waals surface area contributed by atoms with Crippen molar-refractivity contribution in [3.05, 3.63) is 52.8 Å². The van der Waals surface area contributed by atoms with Gasteiger partial charge < -0.3 is 4.90 Å². The van der Waals surface area contributed by atoms with Crippen molar-refractivity contribution in [2.24, 2.45) is 7.05 Å². The molecule has 1 heterocycles. The lowest BCUT2D eigenvalue weighted by atomic mass is 10.1. The fourth-order valence-electron chi connectivity index (χ4n) is 2.27. The van der Waals surface area contributed by atoms with Gasteiger partial charge in [-0.15, -0.1) is 0 Å². The number of hydrogen-bond acceptors (Lipinski definition) is 2. The summed E-state index contributed by atoms with van der Waals surface area (Å²) < 4.78 is 40.3. The average Bonchev–Trinajstić information content (AvgIpc) is 2.76. The summed E-state index contributed by atoms with van der Waals surface area (Å²) in [6, 6.07) is 6.85. The molecule has 0 spiro atoms. The van der Waals surface area contributed by atoms with Gasteiger partial charge in [0.05, 0.1) is 11.3 Å². The van der Waals surface area contributed by atoms with Crippen molar-refractivity contribution in [1.29, 1.82) is 0 Å². The number of halogens is 3. The number of rotatable bonds is 3. The zero-order valence-electron chi connectivity index (χ0n) is 12.5. The first-order valence-electron chi connectivity index (χ1n) is 6.61. The molecule has 0 radical (unpaired) electrons. The van der Waals surface area contributed by atoms with Crippen LogP contribution in [0.4, 0.5) is 13.2 Å². The summed E-state index contributed by atoms with van der Waals surface area (Å²) in [5.41, 5.74) is 0.347. The second kappa shape index (κ2) is 5.82. The van der Waals surface area contributed by atoms with Gasteiger partial charge in [0.25, 0.3) is 5.91 Å². The normalized spacial score (nSPS) is 11.5. The molecule has 7 heteroatoms. The van der Waals surface area contributed by atoms with E-state index in [1.54, 1.807) is 20.0 Å². The molecule has 0 unspecified atom stereocenters. The van der Waals surface area contributed by atoms with E-state index < -0.39 is 11.7 Å². The van der Waals surface area contributed by atoms with Gasteiger partial charge in [-0.3, -0.25) is 9.48 Å². The van der Waals surface area contributed by atoms with Gasteiger partial charge in [-0.05, 0) is 24.6 Å². The number of benzene rings is 1. The summed E-state index contributed by atoms with van der Waals surface area (Å²) in [4.78, 5) is 13.6. The van der Waals surface area contributed by atoms with Crippen LogP contribution in [0.15, 0.2) is 30.3 Å². The van der Waals surface area contributed by atoms with Crippen molar-refractivity contribution in [2.75, 3.05) is 7.05 Å². The Morgan fingerprint density at radius 1 is 1.32 bits per heavy atom. The maximum absolute atomic E-state index is 13.0. The quantitative estimate of drug-likeness (QED) is 0.874. The van der Waals surface area contributed by atoms with Crippen molar-refractivity contribution in [3.8, 4) is 0 Å². The van der Waals surface area contributed by atoms with Gasteiger partial charge in [-0.25, -0.2) is 0 Å². The summed E-state index contributed by atoms with van der Waals surface area (Å²) in [7, 11) is 3.09. The van der Waals surface area contributed by atoms with E-state index in [4.69, 9.17) is 0 Å². The van der Waals surface area contributed by atoms with Crippen molar-refractivity contribution in [2.45, 2.75) is 19.6 Å². The zero-order chi connectivity index (χ0) is 16.5. The first kappa shape index (κ1) is 16.1. The number of aryl methyl sites for hydroxylation is 2. The van der Waals surface area contributed by atoms with Gasteiger partial charge in [0.1, 0.15) is 5.69 Å². The standard InChI is InChI=1S/C15H16F3N3O/c1-10-8-13(21(3)19-10)14(22)20(2)9-11-6-4-5-7-12(11)15(16,17)18/h4-8H,9H2,1-3H3. The molecule has 0 bridgehead atoms. The number of hydrogen-bond donors (Lipinski definition) is 0. The van der Waals surface area contributed by atoms with E-state index in [-0.39, 0.29) is 18.0 Å². The maximum Gasteiger partial charge on any atom is 0.416 e. The van der Waals surface area contributed by atoms with E-state index in [0.717, 1.165) is 6.07 Å². The lowest BCUT2D eigenvalue weighted by molar-refractivity contribution is -0.138. The molecule has 0 aliphatic rings. The van der Waals surface area contributed by atoms with Crippen LogP contribution in [-0.4, -0.2) is 27.6 Å². The topological polar surface area (TPSA) is 38.1 Å². The molecule has 0 aliphatic heterocycles. The Bertz CT molecular complexity index is 692.